The molecule has 0 fully saturated rings. The van der Waals surface area contributed by atoms with Crippen molar-refractivity contribution in [1.82, 2.24) is 5.43 Å². The van der Waals surface area contributed by atoms with Gasteiger partial charge in [-0.05, 0) is 51.2 Å². The number of nitrogens with one attached hydrogen (secondary N) is 1. The second-order valence-electron chi connectivity index (χ2n) is 7.52. The van der Waals surface area contributed by atoms with Crippen LogP contribution in [0.5, 0.6) is 0 Å². The van der Waals surface area contributed by atoms with Gasteiger partial charge in [-0.2, -0.15) is 0 Å². The van der Waals surface area contributed by atoms with E-state index in [9.17, 15) is 4.79 Å². The molecule has 1 heterocycles. The topological polar surface area (TPSA) is 58.4 Å². The van der Waals surface area contributed by atoms with Gasteiger partial charge in [-0.3, -0.25) is 10.2 Å². The van der Waals surface area contributed by atoms with Crippen LogP contribution in [0.15, 0.2) is 18.2 Å². The standard InChI is InChI=1S/C19H31N3O/c1-6-7-8-17(18(23)21-20)22-16-10-9-13(2)11-15(16)14(3)12-19(22,4)5/h9-11,14,17H,6-8,12,20H2,1-5H3,(H,21,23)/t14-,17-/m1/s1. The van der Waals surface area contributed by atoms with Crippen LogP contribution in [-0.2, 0) is 4.79 Å². The van der Waals surface area contributed by atoms with Gasteiger partial charge in [-0.1, -0.05) is 44.4 Å². The molecule has 0 bridgehead atoms. The normalized spacial score (nSPS) is 20.8. The van der Waals surface area contributed by atoms with Gasteiger partial charge in [0.15, 0.2) is 0 Å². The molecule has 3 N–H and O–H groups in total. The second kappa shape index (κ2) is 6.91. The molecule has 0 spiro atoms. The summed E-state index contributed by atoms with van der Waals surface area (Å²) in [6.45, 7) is 11.0. The zero-order chi connectivity index (χ0) is 17.2. The second-order valence-corrected chi connectivity index (χ2v) is 7.52. The molecule has 2 rings (SSSR count). The Morgan fingerprint density at radius 1 is 1.48 bits per heavy atom. The van der Waals surface area contributed by atoms with Gasteiger partial charge < -0.3 is 4.90 Å². The first kappa shape index (κ1) is 17.8. The number of hydrazine groups is 1. The van der Waals surface area contributed by atoms with Crippen molar-refractivity contribution in [2.24, 2.45) is 5.84 Å². The Hall–Kier alpha value is -1.55. The first-order valence-corrected chi connectivity index (χ1v) is 8.72. The first-order valence-electron chi connectivity index (χ1n) is 8.72. The highest BCUT2D eigenvalue weighted by molar-refractivity contribution is 5.86. The minimum absolute atomic E-state index is 0.0768. The summed E-state index contributed by atoms with van der Waals surface area (Å²) in [5.74, 6) is 5.88. The molecule has 1 aromatic rings. The highest BCUT2D eigenvalue weighted by Gasteiger charge is 2.41. The van der Waals surface area contributed by atoms with E-state index >= 15 is 0 Å². The zero-order valence-electron chi connectivity index (χ0n) is 15.1. The SMILES string of the molecule is CCCC[C@H](C(=O)NN)N1c2ccc(C)cc2[C@H](C)CC1(C)C. The maximum atomic E-state index is 12.5. The van der Waals surface area contributed by atoms with E-state index in [-0.39, 0.29) is 17.5 Å². The predicted molar refractivity (Wildman–Crippen MR) is 96.4 cm³/mol. The summed E-state index contributed by atoms with van der Waals surface area (Å²) in [7, 11) is 0. The van der Waals surface area contributed by atoms with Crippen molar-refractivity contribution < 1.29 is 4.79 Å². The Bertz CT molecular complexity index is 568. The van der Waals surface area contributed by atoms with Gasteiger partial charge in [0.25, 0.3) is 5.91 Å². The zero-order valence-corrected chi connectivity index (χ0v) is 15.1. The average molecular weight is 317 g/mol. The van der Waals surface area contributed by atoms with E-state index in [1.807, 2.05) is 0 Å². The summed E-state index contributed by atoms with van der Waals surface area (Å²) in [5, 5.41) is 0. The van der Waals surface area contributed by atoms with Crippen LogP contribution in [0.4, 0.5) is 5.69 Å². The molecule has 23 heavy (non-hydrogen) atoms. The van der Waals surface area contributed by atoms with Crippen LogP contribution in [0.1, 0.15) is 70.4 Å². The fraction of sp³-hybridized carbons (Fsp3) is 0.632. The number of carbonyl (C=O) groups excluding carboxylic acids is 1. The van der Waals surface area contributed by atoms with E-state index in [1.54, 1.807) is 0 Å². The number of amides is 1. The van der Waals surface area contributed by atoms with Crippen LogP contribution in [0, 0.1) is 6.92 Å². The predicted octanol–water partition coefficient (Wildman–Crippen LogP) is 3.64. The summed E-state index contributed by atoms with van der Waals surface area (Å²) in [5.41, 5.74) is 6.10. The minimum atomic E-state index is -0.219. The number of aryl methyl sites for hydroxylation is 1. The molecule has 0 unspecified atom stereocenters. The van der Waals surface area contributed by atoms with Crippen LogP contribution >= 0.6 is 0 Å². The van der Waals surface area contributed by atoms with E-state index in [0.717, 1.165) is 25.7 Å². The lowest BCUT2D eigenvalue weighted by Crippen LogP contribution is -2.59. The third kappa shape index (κ3) is 3.52. The van der Waals surface area contributed by atoms with Crippen LogP contribution in [0.3, 0.4) is 0 Å². The van der Waals surface area contributed by atoms with Crippen LogP contribution in [0.2, 0.25) is 0 Å². The van der Waals surface area contributed by atoms with Crippen molar-refractivity contribution in [3.8, 4) is 0 Å². The lowest BCUT2D eigenvalue weighted by molar-refractivity contribution is -0.123. The number of nitrogens with zero attached hydrogens (tertiary/aromatic N) is 1. The number of hydrogen-bond acceptors (Lipinski definition) is 3. The van der Waals surface area contributed by atoms with Crippen molar-refractivity contribution in [3.05, 3.63) is 29.3 Å². The lowest BCUT2D eigenvalue weighted by atomic mass is 9.78. The van der Waals surface area contributed by atoms with Crippen molar-refractivity contribution in [3.63, 3.8) is 0 Å². The van der Waals surface area contributed by atoms with Crippen molar-refractivity contribution in [1.29, 1.82) is 0 Å². The largest absolute Gasteiger partial charge is 0.354 e. The smallest absolute Gasteiger partial charge is 0.256 e. The third-order valence-electron chi connectivity index (χ3n) is 5.02. The maximum Gasteiger partial charge on any atom is 0.256 e. The number of rotatable bonds is 5. The summed E-state index contributed by atoms with van der Waals surface area (Å²) in [4.78, 5) is 14.8. The highest BCUT2D eigenvalue weighted by Crippen LogP contribution is 2.45. The molecule has 0 aromatic heterocycles. The molecule has 0 saturated heterocycles. The van der Waals surface area contributed by atoms with E-state index < -0.39 is 0 Å². The highest BCUT2D eigenvalue weighted by atomic mass is 16.2. The number of hydrogen-bond donors (Lipinski definition) is 2. The van der Waals surface area contributed by atoms with Crippen LogP contribution in [0.25, 0.3) is 0 Å². The summed E-state index contributed by atoms with van der Waals surface area (Å²) >= 11 is 0. The van der Waals surface area contributed by atoms with E-state index in [2.05, 4.69) is 63.1 Å². The molecular formula is C19H31N3O. The maximum absolute atomic E-state index is 12.5. The molecule has 1 amide bonds. The lowest BCUT2D eigenvalue weighted by Gasteiger charge is -2.50. The van der Waals surface area contributed by atoms with Crippen molar-refractivity contribution in [2.75, 3.05) is 4.90 Å². The molecule has 1 aliphatic rings. The molecule has 0 aliphatic carbocycles. The number of unbranched alkanes of at least 4 members (excludes halogenated alkanes) is 1. The number of carbonyl (C=O) groups is 1. The molecule has 4 nitrogen and oxygen atoms in total. The summed E-state index contributed by atoms with van der Waals surface area (Å²) in [6.07, 6.45) is 3.94. The van der Waals surface area contributed by atoms with Crippen LogP contribution < -0.4 is 16.2 Å². The fourth-order valence-electron chi connectivity index (χ4n) is 4.03. The Morgan fingerprint density at radius 3 is 2.78 bits per heavy atom. The van der Waals surface area contributed by atoms with Gasteiger partial charge in [-0.15, -0.1) is 0 Å². The Morgan fingerprint density at radius 2 is 2.17 bits per heavy atom. The van der Waals surface area contributed by atoms with E-state index in [4.69, 9.17) is 5.84 Å². The number of nitrogens with two attached hydrogens (primary N) is 1. The van der Waals surface area contributed by atoms with E-state index in [1.165, 1.54) is 16.8 Å². The molecule has 4 heteroatoms. The molecule has 128 valence electrons. The van der Waals surface area contributed by atoms with Gasteiger partial charge in [0.1, 0.15) is 6.04 Å². The summed E-state index contributed by atoms with van der Waals surface area (Å²) in [6, 6.07) is 6.35. The number of benzene rings is 1. The van der Waals surface area contributed by atoms with Gasteiger partial charge in [0.2, 0.25) is 0 Å². The van der Waals surface area contributed by atoms with Crippen molar-refractivity contribution in [2.45, 2.75) is 77.8 Å². The minimum Gasteiger partial charge on any atom is -0.354 e. The van der Waals surface area contributed by atoms with Crippen molar-refractivity contribution >= 4 is 11.6 Å². The molecule has 1 aliphatic heterocycles. The first-order chi connectivity index (χ1) is 10.8. The Labute approximate surface area is 140 Å². The molecule has 1 aromatic carbocycles. The van der Waals surface area contributed by atoms with Gasteiger partial charge in [0.05, 0.1) is 0 Å². The number of anilines is 1. The average Bonchev–Trinajstić information content (AvgIpc) is 2.49. The third-order valence-corrected chi connectivity index (χ3v) is 5.02. The van der Waals surface area contributed by atoms with E-state index in [0.29, 0.717) is 5.92 Å². The molecule has 2 atom stereocenters. The quantitative estimate of drug-likeness (QED) is 0.495. The van der Waals surface area contributed by atoms with Gasteiger partial charge in [0, 0.05) is 11.2 Å². The molecular weight excluding hydrogens is 286 g/mol. The van der Waals surface area contributed by atoms with Crippen LogP contribution in [-0.4, -0.2) is 17.5 Å². The van der Waals surface area contributed by atoms with Gasteiger partial charge >= 0.3 is 0 Å². The Kier molecular flexibility index (Phi) is 5.35. The molecule has 0 saturated carbocycles. The monoisotopic (exact) mass is 317 g/mol. The van der Waals surface area contributed by atoms with Gasteiger partial charge in [-0.25, -0.2) is 5.84 Å². The fourth-order valence-corrected chi connectivity index (χ4v) is 4.03. The molecule has 0 radical (unpaired) electrons. The Balaban J connectivity index is 2.52. The summed E-state index contributed by atoms with van der Waals surface area (Å²) < 4.78 is 0. The number of fused-ring (bicyclic) bond motifs is 1.